The molecule has 0 saturated carbocycles. The molecule has 102 valence electrons. The summed E-state index contributed by atoms with van der Waals surface area (Å²) >= 11 is 5.96. The maximum atomic E-state index is 12.6. The Balaban J connectivity index is 2.48. The Hall–Kier alpha value is -1.13. The Bertz CT molecular complexity index is 624. The summed E-state index contributed by atoms with van der Waals surface area (Å²) in [7, 11) is -3.69. The molecule has 1 aromatic carbocycles. The van der Waals surface area contributed by atoms with Crippen molar-refractivity contribution in [2.24, 2.45) is 5.73 Å². The van der Waals surface area contributed by atoms with Gasteiger partial charge in [-0.1, -0.05) is 11.6 Å². The third-order valence-electron chi connectivity index (χ3n) is 3.24. The summed E-state index contributed by atoms with van der Waals surface area (Å²) in [6, 6.07) is 5.96. The topological polar surface area (TPSA) is 87.2 Å². The summed E-state index contributed by atoms with van der Waals surface area (Å²) in [5.74, 6) is 0. The summed E-state index contributed by atoms with van der Waals surface area (Å²) in [6.07, 6.45) is 1.54. The van der Waals surface area contributed by atoms with Crippen molar-refractivity contribution in [2.75, 3.05) is 13.1 Å². The molecule has 1 atom stereocenters. The molecule has 1 aliphatic rings. The first-order chi connectivity index (χ1) is 9.00. The van der Waals surface area contributed by atoms with Gasteiger partial charge in [0.2, 0.25) is 10.0 Å². The first kappa shape index (κ1) is 14.3. The van der Waals surface area contributed by atoms with E-state index in [0.717, 1.165) is 12.8 Å². The highest BCUT2D eigenvalue weighted by molar-refractivity contribution is 7.89. The Morgan fingerprint density at radius 3 is 2.89 bits per heavy atom. The van der Waals surface area contributed by atoms with Gasteiger partial charge >= 0.3 is 0 Å². The van der Waals surface area contributed by atoms with Crippen LogP contribution < -0.4 is 5.73 Å². The molecule has 1 unspecified atom stereocenters. The van der Waals surface area contributed by atoms with Crippen molar-refractivity contribution in [2.45, 2.75) is 23.8 Å². The number of nitriles is 1. The lowest BCUT2D eigenvalue weighted by atomic mass is 10.2. The van der Waals surface area contributed by atoms with E-state index < -0.39 is 10.0 Å². The molecule has 0 amide bonds. The van der Waals surface area contributed by atoms with Crippen molar-refractivity contribution in [1.29, 1.82) is 5.26 Å². The van der Waals surface area contributed by atoms with Crippen molar-refractivity contribution < 1.29 is 8.42 Å². The van der Waals surface area contributed by atoms with E-state index in [0.29, 0.717) is 6.54 Å². The van der Waals surface area contributed by atoms with Crippen molar-refractivity contribution in [3.8, 4) is 6.07 Å². The van der Waals surface area contributed by atoms with Gasteiger partial charge in [0, 0.05) is 19.1 Å². The Morgan fingerprint density at radius 1 is 1.53 bits per heavy atom. The molecule has 0 radical (unpaired) electrons. The second-order valence-corrected chi connectivity index (χ2v) is 6.67. The minimum Gasteiger partial charge on any atom is -0.329 e. The quantitative estimate of drug-likeness (QED) is 0.912. The number of sulfonamides is 1. The van der Waals surface area contributed by atoms with Crippen LogP contribution in [-0.2, 0) is 10.0 Å². The highest BCUT2D eigenvalue weighted by Crippen LogP contribution is 2.30. The molecule has 0 aromatic heterocycles. The van der Waals surface area contributed by atoms with Crippen molar-refractivity contribution in [3.05, 3.63) is 28.8 Å². The summed E-state index contributed by atoms with van der Waals surface area (Å²) in [5.41, 5.74) is 5.87. The molecule has 1 aliphatic heterocycles. The highest BCUT2D eigenvalue weighted by Gasteiger charge is 2.35. The molecule has 1 fully saturated rings. The van der Waals surface area contributed by atoms with Gasteiger partial charge in [0.15, 0.2) is 0 Å². The molecule has 0 aliphatic carbocycles. The van der Waals surface area contributed by atoms with Gasteiger partial charge in [-0.15, -0.1) is 0 Å². The van der Waals surface area contributed by atoms with E-state index in [1.165, 1.54) is 22.5 Å². The molecule has 1 heterocycles. The van der Waals surface area contributed by atoms with Gasteiger partial charge in [0.05, 0.1) is 16.7 Å². The van der Waals surface area contributed by atoms with Gasteiger partial charge in [-0.25, -0.2) is 8.42 Å². The third kappa shape index (κ3) is 2.60. The van der Waals surface area contributed by atoms with Crippen molar-refractivity contribution in [3.63, 3.8) is 0 Å². The van der Waals surface area contributed by atoms with Gasteiger partial charge in [-0.05, 0) is 31.0 Å². The number of benzene rings is 1. The first-order valence-electron chi connectivity index (χ1n) is 5.92. The average Bonchev–Trinajstić information content (AvgIpc) is 2.88. The van der Waals surface area contributed by atoms with Crippen molar-refractivity contribution in [1.82, 2.24) is 4.31 Å². The van der Waals surface area contributed by atoms with E-state index in [2.05, 4.69) is 0 Å². The molecule has 19 heavy (non-hydrogen) atoms. The minimum atomic E-state index is -3.69. The Morgan fingerprint density at radius 2 is 2.26 bits per heavy atom. The number of hydrogen-bond donors (Lipinski definition) is 1. The molecule has 1 aromatic rings. The van der Waals surface area contributed by atoms with Gasteiger partial charge < -0.3 is 5.73 Å². The molecule has 1 saturated heterocycles. The van der Waals surface area contributed by atoms with E-state index in [1.54, 1.807) is 0 Å². The number of halogens is 1. The van der Waals surface area contributed by atoms with E-state index in [1.807, 2.05) is 6.07 Å². The van der Waals surface area contributed by atoms with E-state index >= 15 is 0 Å². The maximum absolute atomic E-state index is 12.6. The van der Waals surface area contributed by atoms with Gasteiger partial charge in [-0.2, -0.15) is 9.57 Å². The van der Waals surface area contributed by atoms with Crippen LogP contribution in [0.5, 0.6) is 0 Å². The summed E-state index contributed by atoms with van der Waals surface area (Å²) in [4.78, 5) is -0.0198. The molecule has 7 heteroatoms. The maximum Gasteiger partial charge on any atom is 0.244 e. The Kier molecular flexibility index (Phi) is 4.11. The monoisotopic (exact) mass is 299 g/mol. The van der Waals surface area contributed by atoms with Gasteiger partial charge in [0.1, 0.15) is 4.90 Å². The molecule has 2 rings (SSSR count). The molecule has 2 N–H and O–H groups in total. The fraction of sp³-hybridized carbons (Fsp3) is 0.417. The van der Waals surface area contributed by atoms with Gasteiger partial charge in [-0.3, -0.25) is 0 Å². The summed E-state index contributed by atoms with van der Waals surface area (Å²) < 4.78 is 26.5. The molecule has 5 nitrogen and oxygen atoms in total. The van der Waals surface area contributed by atoms with Crippen LogP contribution in [0.25, 0.3) is 0 Å². The lowest BCUT2D eigenvalue weighted by Crippen LogP contribution is -2.39. The molecule has 0 spiro atoms. The lowest BCUT2D eigenvalue weighted by molar-refractivity contribution is 0.393. The summed E-state index contributed by atoms with van der Waals surface area (Å²) in [6.45, 7) is 0.728. The zero-order valence-electron chi connectivity index (χ0n) is 10.2. The van der Waals surface area contributed by atoms with Crippen LogP contribution >= 0.6 is 11.6 Å². The van der Waals surface area contributed by atoms with E-state index in [-0.39, 0.29) is 28.1 Å². The standard InChI is InChI=1S/C12H14ClN3O2S/c13-11-4-3-9(7-14)6-12(11)19(17,18)16-5-1-2-10(16)8-15/h3-4,6,10H,1-2,5,8,15H2. The molecule has 0 bridgehead atoms. The summed E-state index contributed by atoms with van der Waals surface area (Å²) in [5, 5.41) is 8.99. The SMILES string of the molecule is N#Cc1ccc(Cl)c(S(=O)(=O)N2CCCC2CN)c1. The van der Waals surface area contributed by atoms with Gasteiger partial charge in [0.25, 0.3) is 0 Å². The van der Waals surface area contributed by atoms with Crippen LogP contribution in [0, 0.1) is 11.3 Å². The largest absolute Gasteiger partial charge is 0.329 e. The third-order valence-corrected chi connectivity index (χ3v) is 5.68. The fourth-order valence-corrected chi connectivity index (χ4v) is 4.46. The second-order valence-electron chi connectivity index (χ2n) is 4.40. The predicted molar refractivity (Wildman–Crippen MR) is 72.1 cm³/mol. The minimum absolute atomic E-state index is 0.0198. The highest BCUT2D eigenvalue weighted by atomic mass is 35.5. The van der Waals surface area contributed by atoms with E-state index in [4.69, 9.17) is 22.6 Å². The molecular weight excluding hydrogens is 286 g/mol. The van der Waals surface area contributed by atoms with Crippen LogP contribution in [0.3, 0.4) is 0 Å². The molecular formula is C12H14ClN3O2S. The first-order valence-corrected chi connectivity index (χ1v) is 7.74. The number of nitrogens with two attached hydrogens (primary N) is 1. The Labute approximate surface area is 117 Å². The number of nitrogens with zero attached hydrogens (tertiary/aromatic N) is 2. The zero-order chi connectivity index (χ0) is 14.0. The fourth-order valence-electron chi connectivity index (χ4n) is 2.26. The van der Waals surface area contributed by atoms with Crippen LogP contribution in [0.4, 0.5) is 0 Å². The second kappa shape index (κ2) is 5.47. The van der Waals surface area contributed by atoms with E-state index in [9.17, 15) is 8.42 Å². The van der Waals surface area contributed by atoms with Crippen LogP contribution in [0.2, 0.25) is 5.02 Å². The lowest BCUT2D eigenvalue weighted by Gasteiger charge is -2.23. The number of rotatable bonds is 3. The van der Waals surface area contributed by atoms with Crippen LogP contribution in [-0.4, -0.2) is 31.9 Å². The smallest absolute Gasteiger partial charge is 0.244 e. The van der Waals surface area contributed by atoms with Crippen molar-refractivity contribution >= 4 is 21.6 Å². The van der Waals surface area contributed by atoms with Crippen LogP contribution in [0.15, 0.2) is 23.1 Å². The predicted octanol–water partition coefficient (Wildman–Crippen LogP) is 1.32. The zero-order valence-corrected chi connectivity index (χ0v) is 11.8. The number of hydrogen-bond acceptors (Lipinski definition) is 4. The normalized spacial score (nSPS) is 20.4. The average molecular weight is 300 g/mol. The van der Waals surface area contributed by atoms with Crippen LogP contribution in [0.1, 0.15) is 18.4 Å².